The summed E-state index contributed by atoms with van der Waals surface area (Å²) in [6, 6.07) is 7.89. The van der Waals surface area contributed by atoms with Crippen molar-refractivity contribution in [3.8, 4) is 16.9 Å². The summed E-state index contributed by atoms with van der Waals surface area (Å²) in [6.07, 6.45) is -3.27. The molecule has 0 aliphatic carbocycles. The molecule has 0 aliphatic heterocycles. The van der Waals surface area contributed by atoms with E-state index in [9.17, 15) is 13.2 Å². The number of hydrogen-bond acceptors (Lipinski definition) is 3. The fraction of sp³-hybridized carbons (Fsp3) is 0.333. The molecule has 0 amide bonds. The molecule has 3 nitrogen and oxygen atoms in total. The van der Waals surface area contributed by atoms with Gasteiger partial charge in [-0.2, -0.15) is 0 Å². The molecular formula is C15H16F3NO2. The molecule has 0 aliphatic rings. The zero-order valence-electron chi connectivity index (χ0n) is 11.7. The summed E-state index contributed by atoms with van der Waals surface area (Å²) in [6.45, 7) is 4.38. The number of nitrogens with one attached hydrogen (secondary N) is 1. The number of ether oxygens (including phenoxy) is 1. The van der Waals surface area contributed by atoms with Crippen LogP contribution in [0.4, 0.5) is 13.2 Å². The van der Waals surface area contributed by atoms with Crippen molar-refractivity contribution in [3.63, 3.8) is 0 Å². The normalized spacial score (nSPS) is 11.9. The van der Waals surface area contributed by atoms with Crippen molar-refractivity contribution >= 4 is 0 Å². The van der Waals surface area contributed by atoms with Gasteiger partial charge in [0, 0.05) is 17.2 Å². The lowest BCUT2D eigenvalue weighted by molar-refractivity contribution is -0.274. The van der Waals surface area contributed by atoms with Crippen LogP contribution in [-0.2, 0) is 6.54 Å². The molecule has 1 aromatic carbocycles. The van der Waals surface area contributed by atoms with E-state index in [4.69, 9.17) is 4.42 Å². The van der Waals surface area contributed by atoms with Crippen LogP contribution in [0.15, 0.2) is 41.0 Å². The third-order valence-electron chi connectivity index (χ3n) is 2.82. The summed E-state index contributed by atoms with van der Waals surface area (Å²) >= 11 is 0. The molecule has 0 atom stereocenters. The molecule has 0 bridgehead atoms. The first-order valence-electron chi connectivity index (χ1n) is 6.51. The van der Waals surface area contributed by atoms with Crippen LogP contribution in [0.1, 0.15) is 19.6 Å². The Labute approximate surface area is 120 Å². The average molecular weight is 299 g/mol. The topological polar surface area (TPSA) is 34.4 Å². The molecule has 21 heavy (non-hydrogen) atoms. The summed E-state index contributed by atoms with van der Waals surface area (Å²) in [4.78, 5) is 0. The number of para-hydroxylation sites is 1. The zero-order chi connectivity index (χ0) is 15.5. The molecule has 0 saturated heterocycles. The molecule has 0 spiro atoms. The Morgan fingerprint density at radius 3 is 2.52 bits per heavy atom. The van der Waals surface area contributed by atoms with Gasteiger partial charge in [-0.1, -0.05) is 32.0 Å². The van der Waals surface area contributed by atoms with Crippen molar-refractivity contribution in [2.24, 2.45) is 0 Å². The number of alkyl halides is 3. The van der Waals surface area contributed by atoms with Crippen molar-refractivity contribution in [1.29, 1.82) is 0 Å². The van der Waals surface area contributed by atoms with Crippen LogP contribution in [0.3, 0.4) is 0 Å². The molecule has 0 saturated carbocycles. The highest BCUT2D eigenvalue weighted by Crippen LogP contribution is 2.35. The van der Waals surface area contributed by atoms with E-state index in [-0.39, 0.29) is 11.8 Å². The van der Waals surface area contributed by atoms with Crippen molar-refractivity contribution in [2.45, 2.75) is 32.8 Å². The Hall–Kier alpha value is -1.95. The quantitative estimate of drug-likeness (QED) is 0.891. The lowest BCUT2D eigenvalue weighted by atomic mass is 10.1. The molecule has 1 N–H and O–H groups in total. The fourth-order valence-electron chi connectivity index (χ4n) is 1.92. The highest BCUT2D eigenvalue weighted by Gasteiger charge is 2.32. The van der Waals surface area contributed by atoms with E-state index in [1.807, 2.05) is 13.8 Å². The van der Waals surface area contributed by atoms with Crippen molar-refractivity contribution in [2.75, 3.05) is 0 Å². The maximum Gasteiger partial charge on any atom is 0.573 e. The second-order valence-corrected chi connectivity index (χ2v) is 4.84. The minimum Gasteiger partial charge on any atom is -0.467 e. The Morgan fingerprint density at radius 1 is 1.14 bits per heavy atom. The second kappa shape index (κ2) is 6.22. The van der Waals surface area contributed by atoms with Gasteiger partial charge in [-0.05, 0) is 12.1 Å². The van der Waals surface area contributed by atoms with E-state index in [0.717, 1.165) is 0 Å². The molecule has 0 radical (unpaired) electrons. The van der Waals surface area contributed by atoms with Gasteiger partial charge in [0.2, 0.25) is 0 Å². The van der Waals surface area contributed by atoms with Gasteiger partial charge in [0.25, 0.3) is 0 Å². The Balaban J connectivity index is 2.32. The van der Waals surface area contributed by atoms with Gasteiger partial charge in [0.15, 0.2) is 0 Å². The van der Waals surface area contributed by atoms with Crippen molar-refractivity contribution < 1.29 is 22.3 Å². The van der Waals surface area contributed by atoms with Crippen LogP contribution in [0.25, 0.3) is 11.1 Å². The smallest absolute Gasteiger partial charge is 0.467 e. The molecule has 1 heterocycles. The highest BCUT2D eigenvalue weighted by atomic mass is 19.4. The second-order valence-electron chi connectivity index (χ2n) is 4.84. The van der Waals surface area contributed by atoms with Crippen LogP contribution >= 0.6 is 0 Å². The molecule has 0 unspecified atom stereocenters. The molecule has 1 aromatic heterocycles. The summed E-state index contributed by atoms with van der Waals surface area (Å²) < 4.78 is 46.8. The van der Waals surface area contributed by atoms with E-state index >= 15 is 0 Å². The first-order valence-corrected chi connectivity index (χ1v) is 6.51. The van der Waals surface area contributed by atoms with Gasteiger partial charge in [0.1, 0.15) is 11.5 Å². The lowest BCUT2D eigenvalue weighted by Gasteiger charge is -2.13. The number of benzene rings is 1. The van der Waals surface area contributed by atoms with Crippen LogP contribution in [-0.4, -0.2) is 12.4 Å². The molecular weight excluding hydrogens is 283 g/mol. The van der Waals surface area contributed by atoms with E-state index < -0.39 is 6.36 Å². The third-order valence-corrected chi connectivity index (χ3v) is 2.82. The largest absolute Gasteiger partial charge is 0.573 e. The Bertz CT molecular complexity index is 591. The van der Waals surface area contributed by atoms with Crippen LogP contribution in [0.2, 0.25) is 0 Å². The molecule has 2 aromatic rings. The zero-order valence-corrected chi connectivity index (χ0v) is 11.7. The van der Waals surface area contributed by atoms with E-state index in [0.29, 0.717) is 23.4 Å². The van der Waals surface area contributed by atoms with Gasteiger partial charge in [-0.25, -0.2) is 0 Å². The monoisotopic (exact) mass is 299 g/mol. The molecule has 2 rings (SSSR count). The standard InChI is InChI=1S/C15H16F3NO2/c1-10(2)19-9-14-12(7-8-20-14)11-5-3-4-6-13(11)21-15(16,17)18/h3-8,10,19H,9H2,1-2H3. The predicted octanol–water partition coefficient (Wildman–Crippen LogP) is 4.34. The summed E-state index contributed by atoms with van der Waals surface area (Å²) in [7, 11) is 0. The Kier molecular flexibility index (Phi) is 4.57. The minimum absolute atomic E-state index is 0.239. The number of furan rings is 1. The fourth-order valence-corrected chi connectivity index (χ4v) is 1.92. The van der Waals surface area contributed by atoms with Crippen molar-refractivity contribution in [3.05, 3.63) is 42.4 Å². The number of halogens is 3. The lowest BCUT2D eigenvalue weighted by Crippen LogP contribution is -2.22. The SMILES string of the molecule is CC(C)NCc1occc1-c1ccccc1OC(F)(F)F. The minimum atomic E-state index is -4.73. The van der Waals surface area contributed by atoms with E-state index in [1.54, 1.807) is 18.2 Å². The van der Waals surface area contributed by atoms with E-state index in [2.05, 4.69) is 10.1 Å². The van der Waals surface area contributed by atoms with Crippen molar-refractivity contribution in [1.82, 2.24) is 5.32 Å². The summed E-state index contributed by atoms with van der Waals surface area (Å²) in [5.41, 5.74) is 0.937. The average Bonchev–Trinajstić information content (AvgIpc) is 2.83. The Morgan fingerprint density at radius 2 is 1.86 bits per heavy atom. The van der Waals surface area contributed by atoms with Gasteiger partial charge in [-0.15, -0.1) is 13.2 Å². The van der Waals surface area contributed by atoms with Crippen LogP contribution in [0.5, 0.6) is 5.75 Å². The highest BCUT2D eigenvalue weighted by molar-refractivity contribution is 5.72. The molecule has 114 valence electrons. The van der Waals surface area contributed by atoms with Gasteiger partial charge < -0.3 is 14.5 Å². The summed E-state index contributed by atoms with van der Waals surface area (Å²) in [5.74, 6) is 0.333. The van der Waals surface area contributed by atoms with Gasteiger partial charge >= 0.3 is 6.36 Å². The van der Waals surface area contributed by atoms with Crippen LogP contribution < -0.4 is 10.1 Å². The first-order chi connectivity index (χ1) is 9.87. The summed E-state index contributed by atoms with van der Waals surface area (Å²) in [5, 5.41) is 3.17. The van der Waals surface area contributed by atoms with Gasteiger partial charge in [0.05, 0.1) is 12.8 Å². The first kappa shape index (κ1) is 15.4. The molecule has 6 heteroatoms. The maximum atomic E-state index is 12.5. The predicted molar refractivity (Wildman–Crippen MR) is 72.8 cm³/mol. The van der Waals surface area contributed by atoms with Gasteiger partial charge in [-0.3, -0.25) is 0 Å². The third kappa shape index (κ3) is 4.26. The van der Waals surface area contributed by atoms with Crippen LogP contribution in [0, 0.1) is 0 Å². The molecule has 0 fully saturated rings. The number of rotatable bonds is 5. The van der Waals surface area contributed by atoms with E-state index in [1.165, 1.54) is 18.4 Å². The number of hydrogen-bond donors (Lipinski definition) is 1. The maximum absolute atomic E-state index is 12.5.